The highest BCUT2D eigenvalue weighted by Gasteiger charge is 2.00. The summed E-state index contributed by atoms with van der Waals surface area (Å²) in [6.45, 7) is 1.37. The van der Waals surface area contributed by atoms with E-state index in [0.29, 0.717) is 12.2 Å². The zero-order chi connectivity index (χ0) is 12.7. The number of hydrogen-bond donors (Lipinski definition) is 1. The average Bonchev–Trinajstić information content (AvgIpc) is 2.25. The fourth-order valence-corrected chi connectivity index (χ4v) is 2.06. The monoisotopic (exact) mass is 253 g/mol. The Kier molecular flexibility index (Phi) is 5.56. The maximum absolute atomic E-state index is 10.7. The van der Waals surface area contributed by atoms with Gasteiger partial charge in [0.25, 0.3) is 0 Å². The highest BCUT2D eigenvalue weighted by molar-refractivity contribution is 7.99. The lowest BCUT2D eigenvalue weighted by atomic mass is 10.3. The number of esters is 1. The van der Waals surface area contributed by atoms with Crippen LogP contribution in [0.3, 0.4) is 0 Å². The molecule has 0 radical (unpaired) electrons. The summed E-state index contributed by atoms with van der Waals surface area (Å²) in [6.07, 6.45) is 1.18. The standard InChI is InChI=1S/C12H15NO3S/c1-9(14)16-10-4-6-11(7-5-10)17-8-2-3-12(13)15/h4-7H,2-3,8H2,1H3,(H2,13,15). The third-order valence-corrected chi connectivity index (χ3v) is 3.02. The molecule has 0 spiro atoms. The first-order valence-electron chi connectivity index (χ1n) is 5.27. The van der Waals surface area contributed by atoms with Crippen LogP contribution in [0.4, 0.5) is 0 Å². The van der Waals surface area contributed by atoms with Crippen molar-refractivity contribution in [3.63, 3.8) is 0 Å². The van der Waals surface area contributed by atoms with Gasteiger partial charge in [-0.3, -0.25) is 9.59 Å². The molecular weight excluding hydrogens is 238 g/mol. The van der Waals surface area contributed by atoms with E-state index in [1.165, 1.54) is 6.92 Å². The first-order chi connectivity index (χ1) is 8.08. The lowest BCUT2D eigenvalue weighted by molar-refractivity contribution is -0.131. The van der Waals surface area contributed by atoms with Gasteiger partial charge in [0, 0.05) is 18.2 Å². The topological polar surface area (TPSA) is 69.4 Å². The molecule has 0 heterocycles. The van der Waals surface area contributed by atoms with Gasteiger partial charge in [0.2, 0.25) is 5.91 Å². The second-order valence-corrected chi connectivity index (χ2v) is 4.65. The van der Waals surface area contributed by atoms with Gasteiger partial charge in [-0.2, -0.15) is 0 Å². The predicted octanol–water partition coefficient (Wildman–Crippen LogP) is 1.97. The van der Waals surface area contributed by atoms with E-state index in [4.69, 9.17) is 10.5 Å². The summed E-state index contributed by atoms with van der Waals surface area (Å²) in [5.41, 5.74) is 5.04. The molecule has 1 aromatic carbocycles. The third kappa shape index (κ3) is 5.97. The molecule has 0 fully saturated rings. The molecule has 5 heteroatoms. The van der Waals surface area contributed by atoms with E-state index in [9.17, 15) is 9.59 Å². The fourth-order valence-electron chi connectivity index (χ4n) is 1.21. The van der Waals surface area contributed by atoms with Crippen LogP contribution in [0.2, 0.25) is 0 Å². The lowest BCUT2D eigenvalue weighted by Crippen LogP contribution is -2.09. The molecule has 0 aliphatic carbocycles. The molecule has 1 rings (SSSR count). The molecule has 0 saturated heterocycles. The van der Waals surface area contributed by atoms with Crippen molar-refractivity contribution in [1.29, 1.82) is 0 Å². The zero-order valence-electron chi connectivity index (χ0n) is 9.64. The molecule has 1 aromatic rings. The van der Waals surface area contributed by atoms with Crippen molar-refractivity contribution in [2.75, 3.05) is 5.75 Å². The molecule has 0 aromatic heterocycles. The van der Waals surface area contributed by atoms with Gasteiger partial charge in [-0.25, -0.2) is 0 Å². The number of amides is 1. The summed E-state index contributed by atoms with van der Waals surface area (Å²) in [7, 11) is 0. The number of primary amides is 1. The Balaban J connectivity index is 2.35. The largest absolute Gasteiger partial charge is 0.427 e. The summed E-state index contributed by atoms with van der Waals surface area (Å²) in [6, 6.07) is 7.26. The zero-order valence-corrected chi connectivity index (χ0v) is 10.5. The van der Waals surface area contributed by atoms with Gasteiger partial charge in [0.15, 0.2) is 0 Å². The average molecular weight is 253 g/mol. The summed E-state index contributed by atoms with van der Waals surface area (Å²) in [4.78, 5) is 22.3. The van der Waals surface area contributed by atoms with Gasteiger partial charge in [0.05, 0.1) is 0 Å². The number of ether oxygens (including phenoxy) is 1. The third-order valence-electron chi connectivity index (χ3n) is 1.92. The molecule has 17 heavy (non-hydrogen) atoms. The molecule has 92 valence electrons. The number of nitrogens with two attached hydrogens (primary N) is 1. The molecular formula is C12H15NO3S. The molecule has 0 saturated carbocycles. The van der Waals surface area contributed by atoms with Crippen LogP contribution in [0.1, 0.15) is 19.8 Å². The summed E-state index contributed by atoms with van der Waals surface area (Å²) >= 11 is 1.64. The minimum atomic E-state index is -0.327. The van der Waals surface area contributed by atoms with E-state index in [0.717, 1.165) is 17.1 Å². The number of rotatable bonds is 6. The summed E-state index contributed by atoms with van der Waals surface area (Å²) in [5, 5.41) is 0. The van der Waals surface area contributed by atoms with Crippen molar-refractivity contribution in [3.8, 4) is 5.75 Å². The van der Waals surface area contributed by atoms with Crippen LogP contribution < -0.4 is 10.5 Å². The van der Waals surface area contributed by atoms with E-state index in [1.54, 1.807) is 23.9 Å². The van der Waals surface area contributed by atoms with E-state index in [2.05, 4.69) is 0 Å². The van der Waals surface area contributed by atoms with Crippen LogP contribution in [0.15, 0.2) is 29.2 Å². The SMILES string of the molecule is CC(=O)Oc1ccc(SCCCC(N)=O)cc1. The number of carbonyl (C=O) groups excluding carboxylic acids is 2. The Morgan fingerprint density at radius 3 is 2.47 bits per heavy atom. The Labute approximate surface area is 105 Å². The molecule has 0 aliphatic heterocycles. The second kappa shape index (κ2) is 6.96. The van der Waals surface area contributed by atoms with Crippen molar-refractivity contribution in [2.45, 2.75) is 24.7 Å². The van der Waals surface area contributed by atoms with Crippen molar-refractivity contribution in [3.05, 3.63) is 24.3 Å². The fraction of sp³-hybridized carbons (Fsp3) is 0.333. The van der Waals surface area contributed by atoms with Gasteiger partial charge in [0.1, 0.15) is 5.75 Å². The van der Waals surface area contributed by atoms with Crippen LogP contribution in [0.25, 0.3) is 0 Å². The van der Waals surface area contributed by atoms with Gasteiger partial charge in [-0.15, -0.1) is 11.8 Å². The molecule has 0 atom stereocenters. The number of thioether (sulfide) groups is 1. The van der Waals surface area contributed by atoms with Crippen LogP contribution in [-0.2, 0) is 9.59 Å². The highest BCUT2D eigenvalue weighted by Crippen LogP contribution is 2.22. The quantitative estimate of drug-likeness (QED) is 0.364. The van der Waals surface area contributed by atoms with E-state index in [1.807, 2.05) is 12.1 Å². The molecule has 0 aliphatic rings. The molecule has 4 nitrogen and oxygen atoms in total. The number of carbonyl (C=O) groups is 2. The van der Waals surface area contributed by atoms with Crippen molar-refractivity contribution < 1.29 is 14.3 Å². The Hall–Kier alpha value is -1.49. The molecule has 2 N–H and O–H groups in total. The summed E-state index contributed by atoms with van der Waals surface area (Å²) in [5.74, 6) is 0.789. The van der Waals surface area contributed by atoms with Crippen LogP contribution in [0.5, 0.6) is 5.75 Å². The predicted molar refractivity (Wildman–Crippen MR) is 66.9 cm³/mol. The van der Waals surface area contributed by atoms with Crippen LogP contribution in [-0.4, -0.2) is 17.6 Å². The van der Waals surface area contributed by atoms with Crippen molar-refractivity contribution in [2.24, 2.45) is 5.73 Å². The Bertz CT molecular complexity index is 389. The molecule has 0 unspecified atom stereocenters. The van der Waals surface area contributed by atoms with Crippen LogP contribution >= 0.6 is 11.8 Å². The summed E-state index contributed by atoms with van der Waals surface area (Å²) < 4.78 is 4.92. The van der Waals surface area contributed by atoms with E-state index < -0.39 is 0 Å². The first-order valence-corrected chi connectivity index (χ1v) is 6.26. The minimum absolute atomic E-state index is 0.268. The van der Waals surface area contributed by atoms with Gasteiger partial charge >= 0.3 is 5.97 Å². The van der Waals surface area contributed by atoms with Crippen molar-refractivity contribution >= 4 is 23.6 Å². The van der Waals surface area contributed by atoms with Crippen molar-refractivity contribution in [1.82, 2.24) is 0 Å². The maximum Gasteiger partial charge on any atom is 0.308 e. The lowest BCUT2D eigenvalue weighted by Gasteiger charge is -2.03. The van der Waals surface area contributed by atoms with Crippen LogP contribution in [0, 0.1) is 0 Å². The van der Waals surface area contributed by atoms with E-state index >= 15 is 0 Å². The van der Waals surface area contributed by atoms with Gasteiger partial charge in [-0.05, 0) is 36.4 Å². The smallest absolute Gasteiger partial charge is 0.308 e. The van der Waals surface area contributed by atoms with Gasteiger partial charge < -0.3 is 10.5 Å². The normalized spacial score (nSPS) is 9.94. The first kappa shape index (κ1) is 13.6. The Morgan fingerprint density at radius 1 is 1.29 bits per heavy atom. The maximum atomic E-state index is 10.7. The molecule has 1 amide bonds. The second-order valence-electron chi connectivity index (χ2n) is 3.48. The highest BCUT2D eigenvalue weighted by atomic mass is 32.2. The van der Waals surface area contributed by atoms with E-state index in [-0.39, 0.29) is 11.9 Å². The number of benzene rings is 1. The van der Waals surface area contributed by atoms with Gasteiger partial charge in [-0.1, -0.05) is 0 Å². The number of hydrogen-bond acceptors (Lipinski definition) is 4. The molecule has 0 bridgehead atoms. The minimum Gasteiger partial charge on any atom is -0.427 e. The Morgan fingerprint density at radius 2 is 1.94 bits per heavy atom.